The largest absolute Gasteiger partial charge is 0.248 e. The summed E-state index contributed by atoms with van der Waals surface area (Å²) in [7, 11) is 0. The quantitative estimate of drug-likeness (QED) is 0.156. The van der Waals surface area contributed by atoms with Crippen molar-refractivity contribution in [1.29, 1.82) is 0 Å². The second-order valence-electron chi connectivity index (χ2n) is 14.3. The molecule has 0 radical (unpaired) electrons. The zero-order valence-corrected chi connectivity index (χ0v) is 31.6. The third kappa shape index (κ3) is 7.07. The molecule has 0 aliphatic carbocycles. The summed E-state index contributed by atoms with van der Waals surface area (Å²) in [5.74, 6) is 1.93. The van der Waals surface area contributed by atoms with Crippen molar-refractivity contribution in [3.63, 3.8) is 0 Å². The maximum absolute atomic E-state index is 5.16. The Morgan fingerprint density at radius 2 is 0.586 bits per heavy atom. The Morgan fingerprint density at radius 3 is 1.14 bits per heavy atom. The van der Waals surface area contributed by atoms with E-state index in [0.717, 1.165) is 61.5 Å². The highest BCUT2D eigenvalue weighted by Crippen LogP contribution is 2.37. The van der Waals surface area contributed by atoms with Crippen molar-refractivity contribution in [1.82, 2.24) is 19.9 Å². The number of nitrogens with zero attached hydrogens (tertiary/aromatic N) is 4. The molecule has 272 valence electrons. The van der Waals surface area contributed by atoms with Gasteiger partial charge in [0.1, 0.15) is 0 Å². The van der Waals surface area contributed by atoms with Crippen LogP contribution in [0.5, 0.6) is 0 Å². The van der Waals surface area contributed by atoms with Gasteiger partial charge in [-0.2, -0.15) is 0 Å². The Bertz CT molecular complexity index is 2890. The molecule has 4 nitrogen and oxygen atoms in total. The third-order valence-electron chi connectivity index (χ3n) is 10.5. The average Bonchev–Trinajstić information content (AvgIpc) is 3.32. The van der Waals surface area contributed by atoms with Crippen molar-refractivity contribution in [2.24, 2.45) is 0 Å². The van der Waals surface area contributed by atoms with E-state index in [1.165, 1.54) is 21.9 Å². The predicted molar refractivity (Wildman–Crippen MR) is 239 cm³/mol. The van der Waals surface area contributed by atoms with E-state index in [-0.39, 0.29) is 0 Å². The topological polar surface area (TPSA) is 51.6 Å². The first-order valence-electron chi connectivity index (χ1n) is 19.5. The molecule has 58 heavy (non-hydrogen) atoms. The van der Waals surface area contributed by atoms with E-state index in [1.807, 2.05) is 66.7 Å². The van der Waals surface area contributed by atoms with Gasteiger partial charge in [-0.25, -0.2) is 19.9 Å². The number of pyridine rings is 1. The Labute approximate surface area is 337 Å². The number of rotatable bonds is 8. The normalized spacial score (nSPS) is 11.1. The van der Waals surface area contributed by atoms with E-state index in [9.17, 15) is 0 Å². The Morgan fingerprint density at radius 1 is 0.224 bits per heavy atom. The van der Waals surface area contributed by atoms with Gasteiger partial charge in [0, 0.05) is 27.8 Å². The van der Waals surface area contributed by atoms with Crippen LogP contribution in [0.3, 0.4) is 0 Å². The summed E-state index contributed by atoms with van der Waals surface area (Å²) in [6, 6.07) is 76.0. The molecule has 0 N–H and O–H groups in total. The lowest BCUT2D eigenvalue weighted by Gasteiger charge is -2.13. The highest BCUT2D eigenvalue weighted by Gasteiger charge is 2.15. The number of aromatic nitrogens is 4. The van der Waals surface area contributed by atoms with Crippen molar-refractivity contribution in [2.75, 3.05) is 0 Å². The van der Waals surface area contributed by atoms with Crippen molar-refractivity contribution in [3.8, 4) is 90.1 Å². The molecule has 10 aromatic rings. The molecular formula is C54H36N4. The number of hydrogen-bond acceptors (Lipinski definition) is 4. The third-order valence-corrected chi connectivity index (χ3v) is 10.5. The maximum atomic E-state index is 5.16. The Balaban J connectivity index is 1.01. The maximum Gasteiger partial charge on any atom is 0.164 e. The first-order chi connectivity index (χ1) is 28.7. The lowest BCUT2D eigenvalue weighted by Crippen LogP contribution is -2.00. The molecule has 0 aliphatic heterocycles. The van der Waals surface area contributed by atoms with E-state index in [4.69, 9.17) is 19.9 Å². The molecule has 8 aromatic carbocycles. The molecule has 2 aromatic heterocycles. The molecule has 0 aliphatic rings. The number of benzene rings is 8. The van der Waals surface area contributed by atoms with Gasteiger partial charge < -0.3 is 0 Å². The fourth-order valence-corrected chi connectivity index (χ4v) is 7.52. The Hall–Kier alpha value is -7.82. The second kappa shape index (κ2) is 15.4. The van der Waals surface area contributed by atoms with Gasteiger partial charge >= 0.3 is 0 Å². The van der Waals surface area contributed by atoms with Crippen molar-refractivity contribution in [3.05, 3.63) is 218 Å². The molecule has 0 bridgehead atoms. The van der Waals surface area contributed by atoms with Crippen molar-refractivity contribution < 1.29 is 0 Å². The van der Waals surface area contributed by atoms with Gasteiger partial charge in [0.25, 0.3) is 0 Å². The second-order valence-corrected chi connectivity index (χ2v) is 14.3. The van der Waals surface area contributed by atoms with Crippen LogP contribution in [0.2, 0.25) is 0 Å². The van der Waals surface area contributed by atoms with Crippen LogP contribution < -0.4 is 0 Å². The molecule has 0 saturated heterocycles. The lowest BCUT2D eigenvalue weighted by molar-refractivity contribution is 1.07. The molecule has 0 unspecified atom stereocenters. The summed E-state index contributed by atoms with van der Waals surface area (Å²) in [5.41, 5.74) is 13.8. The van der Waals surface area contributed by atoms with Gasteiger partial charge in [-0.1, -0.05) is 194 Å². The molecular weight excluding hydrogens is 705 g/mol. The summed E-state index contributed by atoms with van der Waals surface area (Å²) in [6.07, 6.45) is 0. The van der Waals surface area contributed by atoms with E-state index < -0.39 is 0 Å². The first-order valence-corrected chi connectivity index (χ1v) is 19.5. The molecule has 0 amide bonds. The zero-order chi connectivity index (χ0) is 38.7. The highest BCUT2D eigenvalue weighted by atomic mass is 15.0. The molecule has 10 rings (SSSR count). The summed E-state index contributed by atoms with van der Waals surface area (Å²) >= 11 is 0. The van der Waals surface area contributed by atoms with E-state index in [2.05, 4.69) is 152 Å². The molecule has 2 heterocycles. The van der Waals surface area contributed by atoms with Crippen molar-refractivity contribution >= 4 is 10.8 Å². The first kappa shape index (κ1) is 34.7. The summed E-state index contributed by atoms with van der Waals surface area (Å²) < 4.78 is 0. The van der Waals surface area contributed by atoms with Gasteiger partial charge in [0.05, 0.1) is 11.4 Å². The fraction of sp³-hybridized carbons (Fsp3) is 0. The SMILES string of the molecule is c1ccc(-c2cc(-c3ccccc3)nc(-c3ccc(-c4cc(-c5ccc(-c6nc(-c7ccccc7)nc(-c7ccccc7)n6)cc5)cc5ccccc45)cc3)c2)cc1. The van der Waals surface area contributed by atoms with Crippen LogP contribution in [-0.2, 0) is 0 Å². The van der Waals surface area contributed by atoms with E-state index in [0.29, 0.717) is 17.5 Å². The number of fused-ring (bicyclic) bond motifs is 1. The zero-order valence-electron chi connectivity index (χ0n) is 31.6. The van der Waals surface area contributed by atoms with Crippen LogP contribution in [0.4, 0.5) is 0 Å². The highest BCUT2D eigenvalue weighted by molar-refractivity contribution is 6.00. The summed E-state index contributed by atoms with van der Waals surface area (Å²) in [6.45, 7) is 0. The number of hydrogen-bond donors (Lipinski definition) is 0. The van der Waals surface area contributed by atoms with Crippen LogP contribution in [-0.4, -0.2) is 19.9 Å². The van der Waals surface area contributed by atoms with Crippen LogP contribution in [0, 0.1) is 0 Å². The molecule has 4 heteroatoms. The molecule has 0 atom stereocenters. The monoisotopic (exact) mass is 740 g/mol. The van der Waals surface area contributed by atoms with Gasteiger partial charge in [0.2, 0.25) is 0 Å². The predicted octanol–water partition coefficient (Wildman–Crippen LogP) is 13.8. The van der Waals surface area contributed by atoms with Crippen LogP contribution in [0.25, 0.3) is 101 Å². The van der Waals surface area contributed by atoms with E-state index in [1.54, 1.807) is 0 Å². The van der Waals surface area contributed by atoms with Gasteiger partial charge in [-0.05, 0) is 68.4 Å². The molecule has 0 spiro atoms. The van der Waals surface area contributed by atoms with Crippen LogP contribution >= 0.6 is 0 Å². The van der Waals surface area contributed by atoms with E-state index >= 15 is 0 Å². The van der Waals surface area contributed by atoms with Crippen molar-refractivity contribution in [2.45, 2.75) is 0 Å². The summed E-state index contributed by atoms with van der Waals surface area (Å²) in [4.78, 5) is 19.9. The minimum absolute atomic E-state index is 0.637. The minimum atomic E-state index is 0.637. The smallest absolute Gasteiger partial charge is 0.164 e. The minimum Gasteiger partial charge on any atom is -0.248 e. The standard InChI is InChI=1S/C54H36N4/c1-5-15-37(16-6-1)47-35-50(40-17-7-2-8-18-40)55-51(36-47)41-29-27-39(28-30-41)49-34-46(33-45-23-13-14-24-48(45)49)38-25-31-44(32-26-38)54-57-52(42-19-9-3-10-20-42)56-53(58-54)43-21-11-4-12-22-43/h1-36H. The van der Waals surface area contributed by atoms with Gasteiger partial charge in [0.15, 0.2) is 17.5 Å². The average molecular weight is 741 g/mol. The molecule has 0 fully saturated rings. The van der Waals surface area contributed by atoms with Crippen LogP contribution in [0.15, 0.2) is 218 Å². The van der Waals surface area contributed by atoms with Gasteiger partial charge in [-0.3, -0.25) is 0 Å². The van der Waals surface area contributed by atoms with Crippen LogP contribution in [0.1, 0.15) is 0 Å². The Kier molecular flexibility index (Phi) is 9.18. The summed E-state index contributed by atoms with van der Waals surface area (Å²) in [5, 5.41) is 2.39. The lowest BCUT2D eigenvalue weighted by atomic mass is 9.92. The van der Waals surface area contributed by atoms with Gasteiger partial charge in [-0.15, -0.1) is 0 Å². The fourth-order valence-electron chi connectivity index (χ4n) is 7.52. The molecule has 0 saturated carbocycles.